The number of hydrogen-bond acceptors (Lipinski definition) is 2. The molecular weight excluding hydrogens is 299 g/mol. The standard InChI is InChI=1S/C11H9BrF3NO/c12-9-5-4-8(3-1-2-6-16)10(7-9)17-11(13,14)15/h4-5,7H,2,6,16H2. The van der Waals surface area contributed by atoms with Gasteiger partial charge in [-0.2, -0.15) is 0 Å². The summed E-state index contributed by atoms with van der Waals surface area (Å²) in [5, 5.41) is 0. The molecule has 0 saturated carbocycles. The van der Waals surface area contributed by atoms with Crippen LogP contribution in [0.25, 0.3) is 0 Å². The van der Waals surface area contributed by atoms with Crippen molar-refractivity contribution < 1.29 is 17.9 Å². The lowest BCUT2D eigenvalue weighted by molar-refractivity contribution is -0.274. The highest BCUT2D eigenvalue weighted by Crippen LogP contribution is 2.28. The van der Waals surface area contributed by atoms with Gasteiger partial charge in [0.25, 0.3) is 0 Å². The number of nitrogens with two attached hydrogens (primary N) is 1. The number of halogens is 4. The van der Waals surface area contributed by atoms with Crippen LogP contribution in [-0.4, -0.2) is 12.9 Å². The molecule has 0 aliphatic heterocycles. The number of rotatable bonds is 2. The first-order chi connectivity index (χ1) is 7.92. The van der Waals surface area contributed by atoms with Crippen LogP contribution in [0.3, 0.4) is 0 Å². The van der Waals surface area contributed by atoms with E-state index in [0.717, 1.165) is 0 Å². The summed E-state index contributed by atoms with van der Waals surface area (Å²) in [6.07, 6.45) is -4.31. The Morgan fingerprint density at radius 2 is 2.06 bits per heavy atom. The molecule has 17 heavy (non-hydrogen) atoms. The quantitative estimate of drug-likeness (QED) is 0.852. The Morgan fingerprint density at radius 1 is 1.35 bits per heavy atom. The van der Waals surface area contributed by atoms with E-state index in [-0.39, 0.29) is 11.3 Å². The number of alkyl halides is 3. The lowest BCUT2D eigenvalue weighted by atomic mass is 10.2. The van der Waals surface area contributed by atoms with Crippen LogP contribution in [0.2, 0.25) is 0 Å². The van der Waals surface area contributed by atoms with E-state index in [4.69, 9.17) is 5.73 Å². The van der Waals surface area contributed by atoms with Crippen LogP contribution in [0.4, 0.5) is 13.2 Å². The molecule has 0 heterocycles. The van der Waals surface area contributed by atoms with E-state index in [1.165, 1.54) is 12.1 Å². The lowest BCUT2D eigenvalue weighted by Gasteiger charge is -2.10. The molecule has 0 amide bonds. The summed E-state index contributed by atoms with van der Waals surface area (Å²) >= 11 is 3.07. The fourth-order valence-corrected chi connectivity index (χ4v) is 1.38. The summed E-state index contributed by atoms with van der Waals surface area (Å²) in [6, 6.07) is 4.27. The van der Waals surface area contributed by atoms with E-state index in [0.29, 0.717) is 17.4 Å². The number of ether oxygens (including phenoxy) is 1. The summed E-state index contributed by atoms with van der Waals surface area (Å²) in [4.78, 5) is 0. The third-order valence-corrected chi connectivity index (χ3v) is 2.15. The van der Waals surface area contributed by atoms with Gasteiger partial charge in [0.05, 0.1) is 5.56 Å². The second-order valence-corrected chi connectivity index (χ2v) is 3.94. The first kappa shape index (κ1) is 13.9. The van der Waals surface area contributed by atoms with Gasteiger partial charge in [-0.1, -0.05) is 27.8 Å². The lowest BCUT2D eigenvalue weighted by Crippen LogP contribution is -2.17. The zero-order valence-corrected chi connectivity index (χ0v) is 10.2. The van der Waals surface area contributed by atoms with Crippen molar-refractivity contribution >= 4 is 15.9 Å². The third kappa shape index (κ3) is 5.11. The van der Waals surface area contributed by atoms with Gasteiger partial charge >= 0.3 is 6.36 Å². The van der Waals surface area contributed by atoms with Crippen molar-refractivity contribution in [3.05, 3.63) is 28.2 Å². The maximum absolute atomic E-state index is 12.1. The van der Waals surface area contributed by atoms with Crippen molar-refractivity contribution in [1.82, 2.24) is 0 Å². The molecule has 0 bridgehead atoms. The van der Waals surface area contributed by atoms with Crippen molar-refractivity contribution in [3.8, 4) is 17.6 Å². The highest BCUT2D eigenvalue weighted by molar-refractivity contribution is 9.10. The van der Waals surface area contributed by atoms with Gasteiger partial charge in [0.1, 0.15) is 5.75 Å². The predicted molar refractivity (Wildman–Crippen MR) is 61.4 cm³/mol. The van der Waals surface area contributed by atoms with Crippen molar-refractivity contribution in [2.75, 3.05) is 6.54 Å². The minimum Gasteiger partial charge on any atom is -0.404 e. The van der Waals surface area contributed by atoms with E-state index in [1.807, 2.05) is 0 Å². The van der Waals surface area contributed by atoms with Crippen LogP contribution >= 0.6 is 15.9 Å². The van der Waals surface area contributed by atoms with Crippen LogP contribution in [-0.2, 0) is 0 Å². The first-order valence-electron chi connectivity index (χ1n) is 4.66. The molecule has 0 aromatic heterocycles. The first-order valence-corrected chi connectivity index (χ1v) is 5.46. The van der Waals surface area contributed by atoms with Crippen LogP contribution in [0.1, 0.15) is 12.0 Å². The van der Waals surface area contributed by atoms with Crippen molar-refractivity contribution in [1.29, 1.82) is 0 Å². The third-order valence-electron chi connectivity index (χ3n) is 1.66. The highest BCUT2D eigenvalue weighted by Gasteiger charge is 2.32. The average Bonchev–Trinajstić information content (AvgIpc) is 2.19. The van der Waals surface area contributed by atoms with E-state index in [9.17, 15) is 13.2 Å². The summed E-state index contributed by atoms with van der Waals surface area (Å²) in [5.41, 5.74) is 5.41. The Labute approximate surface area is 105 Å². The fourth-order valence-electron chi connectivity index (χ4n) is 1.04. The van der Waals surface area contributed by atoms with Gasteiger partial charge in [0.2, 0.25) is 0 Å². The van der Waals surface area contributed by atoms with Crippen molar-refractivity contribution in [2.45, 2.75) is 12.8 Å². The molecule has 92 valence electrons. The summed E-state index contributed by atoms with van der Waals surface area (Å²) in [7, 11) is 0. The Morgan fingerprint density at radius 3 is 2.65 bits per heavy atom. The number of hydrogen-bond donors (Lipinski definition) is 1. The molecule has 2 N–H and O–H groups in total. The average molecular weight is 308 g/mol. The monoisotopic (exact) mass is 307 g/mol. The minimum atomic E-state index is -4.73. The second-order valence-electron chi connectivity index (χ2n) is 3.03. The Kier molecular flexibility index (Phi) is 4.85. The normalized spacial score (nSPS) is 10.6. The van der Waals surface area contributed by atoms with Crippen LogP contribution in [0.15, 0.2) is 22.7 Å². The fraction of sp³-hybridized carbons (Fsp3) is 0.273. The van der Waals surface area contributed by atoms with E-state index >= 15 is 0 Å². The van der Waals surface area contributed by atoms with Gasteiger partial charge in [0.15, 0.2) is 0 Å². The Balaban J connectivity index is 3.01. The summed E-state index contributed by atoms with van der Waals surface area (Å²) in [6.45, 7) is 0.360. The largest absolute Gasteiger partial charge is 0.573 e. The molecule has 1 aromatic rings. The van der Waals surface area contributed by atoms with Gasteiger partial charge in [0, 0.05) is 17.4 Å². The van der Waals surface area contributed by atoms with Crippen molar-refractivity contribution in [2.24, 2.45) is 5.73 Å². The molecule has 0 fully saturated rings. The van der Waals surface area contributed by atoms with E-state index < -0.39 is 6.36 Å². The topological polar surface area (TPSA) is 35.2 Å². The molecule has 0 saturated heterocycles. The summed E-state index contributed by atoms with van der Waals surface area (Å²) < 4.78 is 40.8. The molecule has 0 radical (unpaired) electrons. The molecule has 6 heteroatoms. The smallest absolute Gasteiger partial charge is 0.404 e. The SMILES string of the molecule is NCCC#Cc1ccc(Br)cc1OC(F)(F)F. The maximum Gasteiger partial charge on any atom is 0.573 e. The van der Waals surface area contributed by atoms with Gasteiger partial charge in [-0.25, -0.2) is 0 Å². The minimum absolute atomic E-state index is 0.180. The van der Waals surface area contributed by atoms with Gasteiger partial charge < -0.3 is 10.5 Å². The van der Waals surface area contributed by atoms with Gasteiger partial charge in [-0.3, -0.25) is 0 Å². The van der Waals surface area contributed by atoms with Crippen LogP contribution in [0, 0.1) is 11.8 Å². The Hall–Kier alpha value is -1.19. The van der Waals surface area contributed by atoms with E-state index in [1.54, 1.807) is 6.07 Å². The van der Waals surface area contributed by atoms with Gasteiger partial charge in [-0.05, 0) is 18.2 Å². The summed E-state index contributed by atoms with van der Waals surface area (Å²) in [5.74, 6) is 4.92. The maximum atomic E-state index is 12.1. The highest BCUT2D eigenvalue weighted by atomic mass is 79.9. The molecule has 0 aliphatic rings. The molecule has 0 atom stereocenters. The van der Waals surface area contributed by atoms with Crippen molar-refractivity contribution in [3.63, 3.8) is 0 Å². The van der Waals surface area contributed by atoms with Crippen LogP contribution < -0.4 is 10.5 Å². The molecule has 0 spiro atoms. The molecule has 0 aliphatic carbocycles. The van der Waals surface area contributed by atoms with E-state index in [2.05, 4.69) is 32.5 Å². The zero-order valence-electron chi connectivity index (χ0n) is 8.64. The molecule has 1 rings (SSSR count). The Bertz CT molecular complexity index is 448. The molecular formula is C11H9BrF3NO. The predicted octanol–water partition coefficient (Wildman–Crippen LogP) is 3.05. The van der Waals surface area contributed by atoms with Crippen LogP contribution in [0.5, 0.6) is 5.75 Å². The van der Waals surface area contributed by atoms with Gasteiger partial charge in [-0.15, -0.1) is 13.2 Å². The molecule has 1 aromatic carbocycles. The number of benzene rings is 1. The zero-order chi connectivity index (χ0) is 12.9. The second kappa shape index (κ2) is 5.94. The molecule has 2 nitrogen and oxygen atoms in total. The molecule has 0 unspecified atom stereocenters.